The van der Waals surface area contributed by atoms with Crippen LogP contribution in [0.2, 0.25) is 5.02 Å². The van der Waals surface area contributed by atoms with Crippen molar-refractivity contribution >= 4 is 17.5 Å². The largest absolute Gasteiger partial charge is 0.337 e. The maximum atomic E-state index is 12.1. The van der Waals surface area contributed by atoms with E-state index < -0.39 is 0 Å². The molecule has 18 heavy (non-hydrogen) atoms. The lowest BCUT2D eigenvalue weighted by Crippen LogP contribution is -2.26. The van der Waals surface area contributed by atoms with Crippen LogP contribution >= 0.6 is 11.6 Å². The van der Waals surface area contributed by atoms with E-state index >= 15 is 0 Å². The lowest BCUT2D eigenvalue weighted by atomic mass is 10.2. The Bertz CT molecular complexity index is 565. The Labute approximate surface area is 111 Å². The predicted molar refractivity (Wildman–Crippen MR) is 70.5 cm³/mol. The molecular weight excluding hydrogens is 250 g/mol. The van der Waals surface area contributed by atoms with Crippen LogP contribution in [0.5, 0.6) is 0 Å². The van der Waals surface area contributed by atoms with Crippen molar-refractivity contribution in [3.05, 3.63) is 52.8 Å². The monoisotopic (exact) mass is 263 g/mol. The number of rotatable bonds is 3. The summed E-state index contributed by atoms with van der Waals surface area (Å²) in [5, 5.41) is 4.66. The minimum absolute atomic E-state index is 0.0666. The standard InChI is InChI=1S/C13H14ClN3O/c1-16(8-10-5-3-4-6-12(10)14)13(18)11-7-15-17(2)9-11/h3-7,9H,8H2,1-2H3. The Morgan fingerprint density at radius 1 is 1.44 bits per heavy atom. The van der Waals surface area contributed by atoms with Crippen LogP contribution in [0.3, 0.4) is 0 Å². The number of aryl methyl sites for hydroxylation is 1. The highest BCUT2D eigenvalue weighted by atomic mass is 35.5. The van der Waals surface area contributed by atoms with E-state index in [0.717, 1.165) is 5.56 Å². The SMILES string of the molecule is CN(Cc1ccccc1Cl)C(=O)c1cnn(C)c1. The van der Waals surface area contributed by atoms with Gasteiger partial charge in [0.25, 0.3) is 5.91 Å². The van der Waals surface area contributed by atoms with Crippen molar-refractivity contribution in [3.63, 3.8) is 0 Å². The number of carbonyl (C=O) groups is 1. The maximum absolute atomic E-state index is 12.1. The van der Waals surface area contributed by atoms with Gasteiger partial charge in [0, 0.05) is 31.9 Å². The second-order valence-electron chi connectivity index (χ2n) is 4.16. The summed E-state index contributed by atoms with van der Waals surface area (Å²) in [5.41, 5.74) is 1.51. The fourth-order valence-electron chi connectivity index (χ4n) is 1.71. The van der Waals surface area contributed by atoms with Crippen molar-refractivity contribution < 1.29 is 4.79 Å². The van der Waals surface area contributed by atoms with Crippen LogP contribution in [-0.4, -0.2) is 27.6 Å². The number of aromatic nitrogens is 2. The third kappa shape index (κ3) is 2.71. The van der Waals surface area contributed by atoms with Crippen LogP contribution in [0, 0.1) is 0 Å². The quantitative estimate of drug-likeness (QED) is 0.853. The number of halogens is 1. The summed E-state index contributed by atoms with van der Waals surface area (Å²) in [6.07, 6.45) is 3.26. The molecule has 0 aliphatic carbocycles. The lowest BCUT2D eigenvalue weighted by molar-refractivity contribution is 0.0785. The maximum Gasteiger partial charge on any atom is 0.257 e. The molecule has 1 heterocycles. The second kappa shape index (κ2) is 5.23. The number of hydrogen-bond donors (Lipinski definition) is 0. The summed E-state index contributed by atoms with van der Waals surface area (Å²) in [6.45, 7) is 0.480. The summed E-state index contributed by atoms with van der Waals surface area (Å²) < 4.78 is 1.61. The van der Waals surface area contributed by atoms with E-state index in [-0.39, 0.29) is 5.91 Å². The molecule has 1 aromatic heterocycles. The van der Waals surface area contributed by atoms with Crippen LogP contribution in [0.15, 0.2) is 36.7 Å². The molecule has 1 amide bonds. The third-order valence-electron chi connectivity index (χ3n) is 2.66. The van der Waals surface area contributed by atoms with Crippen molar-refractivity contribution in [1.29, 1.82) is 0 Å². The summed E-state index contributed by atoms with van der Waals surface area (Å²) in [6, 6.07) is 7.51. The van der Waals surface area contributed by atoms with E-state index in [2.05, 4.69) is 5.10 Å². The number of amides is 1. The zero-order valence-corrected chi connectivity index (χ0v) is 11.1. The Hall–Kier alpha value is -1.81. The minimum atomic E-state index is -0.0666. The van der Waals surface area contributed by atoms with E-state index in [0.29, 0.717) is 17.1 Å². The first-order valence-electron chi connectivity index (χ1n) is 5.55. The van der Waals surface area contributed by atoms with Crippen LogP contribution in [0.25, 0.3) is 0 Å². The Morgan fingerprint density at radius 2 is 2.17 bits per heavy atom. The molecule has 0 aliphatic rings. The van der Waals surface area contributed by atoms with E-state index in [1.54, 1.807) is 36.1 Å². The van der Waals surface area contributed by atoms with Gasteiger partial charge in [0.05, 0.1) is 11.8 Å². The molecule has 0 saturated carbocycles. The molecule has 2 rings (SSSR count). The molecule has 0 atom stereocenters. The van der Waals surface area contributed by atoms with Gasteiger partial charge in [-0.15, -0.1) is 0 Å². The van der Waals surface area contributed by atoms with Crippen LogP contribution in [0.1, 0.15) is 15.9 Å². The molecule has 94 valence electrons. The van der Waals surface area contributed by atoms with E-state index in [1.807, 2.05) is 24.3 Å². The molecule has 5 heteroatoms. The second-order valence-corrected chi connectivity index (χ2v) is 4.56. The number of hydrogen-bond acceptors (Lipinski definition) is 2. The Balaban J connectivity index is 2.11. The third-order valence-corrected chi connectivity index (χ3v) is 3.03. The minimum Gasteiger partial charge on any atom is -0.337 e. The first kappa shape index (κ1) is 12.6. The number of carbonyl (C=O) groups excluding carboxylic acids is 1. The fraction of sp³-hybridized carbons (Fsp3) is 0.231. The molecule has 0 bridgehead atoms. The van der Waals surface area contributed by atoms with E-state index in [9.17, 15) is 4.79 Å². The normalized spacial score (nSPS) is 10.4. The van der Waals surface area contributed by atoms with Gasteiger partial charge in [-0.2, -0.15) is 5.10 Å². The zero-order chi connectivity index (χ0) is 13.1. The van der Waals surface area contributed by atoms with Gasteiger partial charge >= 0.3 is 0 Å². The van der Waals surface area contributed by atoms with Gasteiger partial charge in [0.2, 0.25) is 0 Å². The zero-order valence-electron chi connectivity index (χ0n) is 10.3. The molecule has 0 unspecified atom stereocenters. The van der Waals surface area contributed by atoms with Crippen molar-refractivity contribution in [2.24, 2.45) is 7.05 Å². The number of nitrogens with zero attached hydrogens (tertiary/aromatic N) is 3. The summed E-state index contributed by atoms with van der Waals surface area (Å²) >= 11 is 6.07. The summed E-state index contributed by atoms with van der Waals surface area (Å²) in [7, 11) is 3.53. The van der Waals surface area contributed by atoms with E-state index in [4.69, 9.17) is 11.6 Å². The molecule has 0 saturated heterocycles. The smallest absolute Gasteiger partial charge is 0.257 e. The average Bonchev–Trinajstić information content (AvgIpc) is 2.78. The molecule has 0 N–H and O–H groups in total. The van der Waals surface area contributed by atoms with Gasteiger partial charge in [-0.05, 0) is 11.6 Å². The first-order valence-corrected chi connectivity index (χ1v) is 5.93. The lowest BCUT2D eigenvalue weighted by Gasteiger charge is -2.17. The van der Waals surface area contributed by atoms with Gasteiger partial charge in [0.15, 0.2) is 0 Å². The molecule has 0 radical (unpaired) electrons. The van der Waals surface area contributed by atoms with Crippen molar-refractivity contribution in [2.75, 3.05) is 7.05 Å². The highest BCUT2D eigenvalue weighted by molar-refractivity contribution is 6.31. The Morgan fingerprint density at radius 3 is 2.78 bits per heavy atom. The van der Waals surface area contributed by atoms with Crippen LogP contribution < -0.4 is 0 Å². The fourth-order valence-corrected chi connectivity index (χ4v) is 1.90. The van der Waals surface area contributed by atoms with Gasteiger partial charge in [-0.3, -0.25) is 9.48 Å². The van der Waals surface area contributed by atoms with Crippen LogP contribution in [0.4, 0.5) is 0 Å². The highest BCUT2D eigenvalue weighted by Gasteiger charge is 2.14. The first-order chi connectivity index (χ1) is 8.58. The summed E-state index contributed by atoms with van der Waals surface area (Å²) in [5.74, 6) is -0.0666. The van der Waals surface area contributed by atoms with Crippen molar-refractivity contribution in [3.8, 4) is 0 Å². The van der Waals surface area contributed by atoms with Crippen molar-refractivity contribution in [2.45, 2.75) is 6.54 Å². The molecule has 0 spiro atoms. The Kier molecular flexibility index (Phi) is 3.67. The van der Waals surface area contributed by atoms with Gasteiger partial charge < -0.3 is 4.90 Å². The molecule has 4 nitrogen and oxygen atoms in total. The average molecular weight is 264 g/mol. The predicted octanol–water partition coefficient (Wildman–Crippen LogP) is 2.35. The molecule has 0 aliphatic heterocycles. The highest BCUT2D eigenvalue weighted by Crippen LogP contribution is 2.17. The van der Waals surface area contributed by atoms with Gasteiger partial charge in [-0.1, -0.05) is 29.8 Å². The molecule has 1 aromatic carbocycles. The van der Waals surface area contributed by atoms with Gasteiger partial charge in [0.1, 0.15) is 0 Å². The molecule has 0 fully saturated rings. The van der Waals surface area contributed by atoms with Crippen LogP contribution in [-0.2, 0) is 13.6 Å². The van der Waals surface area contributed by atoms with E-state index in [1.165, 1.54) is 0 Å². The molecular formula is C13H14ClN3O. The molecule has 2 aromatic rings. The topological polar surface area (TPSA) is 38.1 Å². The van der Waals surface area contributed by atoms with Crippen molar-refractivity contribution in [1.82, 2.24) is 14.7 Å². The number of benzene rings is 1. The van der Waals surface area contributed by atoms with Gasteiger partial charge in [-0.25, -0.2) is 0 Å². The summed E-state index contributed by atoms with van der Waals surface area (Å²) in [4.78, 5) is 13.7.